The standard InChI is InChI=1S/C16H22NOP.C3H6O2.C2H6/c18-16(12-5-4-8-15(19)11-12)17(14-9-10-14)13-6-2-1-3-7-13;1-3(4)5-2;1-2/h4-5,8,11,13-14H,1-3,6-7,9-10,19H2;1-2H3;1-2H3. The van der Waals surface area contributed by atoms with Crippen LogP contribution in [0.2, 0.25) is 0 Å². The maximum absolute atomic E-state index is 12.8. The molecule has 0 heterocycles. The van der Waals surface area contributed by atoms with Crippen LogP contribution in [-0.4, -0.2) is 36.0 Å². The van der Waals surface area contributed by atoms with Crippen molar-refractivity contribution in [2.24, 2.45) is 0 Å². The topological polar surface area (TPSA) is 46.6 Å². The van der Waals surface area contributed by atoms with Crippen LogP contribution in [0.3, 0.4) is 0 Å². The molecule has 2 aliphatic carbocycles. The highest BCUT2D eigenvalue weighted by Gasteiger charge is 2.37. The first kappa shape index (κ1) is 22.6. The molecule has 5 heteroatoms. The van der Waals surface area contributed by atoms with Crippen LogP contribution in [0.5, 0.6) is 0 Å². The van der Waals surface area contributed by atoms with Gasteiger partial charge in [-0.1, -0.05) is 45.2 Å². The zero-order valence-electron chi connectivity index (χ0n) is 16.7. The highest BCUT2D eigenvalue weighted by molar-refractivity contribution is 7.27. The predicted octanol–water partition coefficient (Wildman–Crippen LogP) is 4.33. The SMILES string of the molecule is CC.COC(C)=O.O=C(c1cccc(P)c1)N(C1CCCCC1)C1CC1. The van der Waals surface area contributed by atoms with Crippen molar-refractivity contribution >= 4 is 26.4 Å². The minimum absolute atomic E-state index is 0.245. The fourth-order valence-electron chi connectivity index (χ4n) is 3.16. The first-order valence-corrected chi connectivity index (χ1v) is 10.3. The number of hydrogen-bond donors (Lipinski definition) is 0. The summed E-state index contributed by atoms with van der Waals surface area (Å²) in [6.07, 6.45) is 8.69. The molecule has 2 aliphatic rings. The number of carbonyl (C=O) groups is 2. The van der Waals surface area contributed by atoms with E-state index in [0.717, 1.165) is 10.9 Å². The molecular weight excluding hydrogens is 345 g/mol. The minimum Gasteiger partial charge on any atom is -0.469 e. The van der Waals surface area contributed by atoms with Crippen LogP contribution in [0.4, 0.5) is 0 Å². The molecule has 0 radical (unpaired) electrons. The zero-order chi connectivity index (χ0) is 19.5. The lowest BCUT2D eigenvalue weighted by Crippen LogP contribution is -2.43. The van der Waals surface area contributed by atoms with Crippen LogP contribution in [0.25, 0.3) is 0 Å². The number of amides is 1. The molecular formula is C21H34NO3P. The van der Waals surface area contributed by atoms with E-state index < -0.39 is 0 Å². The third-order valence-electron chi connectivity index (χ3n) is 4.56. The Morgan fingerprint density at radius 2 is 1.58 bits per heavy atom. The number of carbonyl (C=O) groups excluding carboxylic acids is 2. The van der Waals surface area contributed by atoms with Gasteiger partial charge in [0.2, 0.25) is 0 Å². The first-order chi connectivity index (χ1) is 12.5. The van der Waals surface area contributed by atoms with E-state index in [9.17, 15) is 9.59 Å². The molecule has 0 saturated heterocycles. The fourth-order valence-corrected chi connectivity index (χ4v) is 3.45. The number of benzene rings is 1. The summed E-state index contributed by atoms with van der Waals surface area (Å²) >= 11 is 0. The molecule has 0 aromatic heterocycles. The van der Waals surface area contributed by atoms with Gasteiger partial charge in [0.25, 0.3) is 5.91 Å². The number of methoxy groups -OCH3 is 1. The van der Waals surface area contributed by atoms with Crippen molar-refractivity contribution in [2.45, 2.75) is 77.8 Å². The maximum atomic E-state index is 12.8. The molecule has 0 bridgehead atoms. The Morgan fingerprint density at radius 3 is 2.04 bits per heavy atom. The van der Waals surface area contributed by atoms with Crippen molar-refractivity contribution in [3.63, 3.8) is 0 Å². The van der Waals surface area contributed by atoms with Gasteiger partial charge in [-0.3, -0.25) is 9.59 Å². The summed E-state index contributed by atoms with van der Waals surface area (Å²) in [7, 11) is 4.03. The molecule has 1 aromatic carbocycles. The van der Waals surface area contributed by atoms with E-state index in [1.54, 1.807) is 0 Å². The molecule has 3 rings (SSSR count). The van der Waals surface area contributed by atoms with Crippen molar-refractivity contribution < 1.29 is 14.3 Å². The fraction of sp³-hybridized carbons (Fsp3) is 0.619. The molecule has 1 aromatic rings. The smallest absolute Gasteiger partial charge is 0.302 e. The zero-order valence-corrected chi connectivity index (χ0v) is 17.8. The van der Waals surface area contributed by atoms with Gasteiger partial charge in [-0.25, -0.2) is 0 Å². The highest BCUT2D eigenvalue weighted by Crippen LogP contribution is 2.34. The number of rotatable bonds is 3. The van der Waals surface area contributed by atoms with Crippen molar-refractivity contribution in [1.82, 2.24) is 4.90 Å². The summed E-state index contributed by atoms with van der Waals surface area (Å²) < 4.78 is 4.11. The Labute approximate surface area is 160 Å². The monoisotopic (exact) mass is 379 g/mol. The van der Waals surface area contributed by atoms with E-state index in [1.807, 2.05) is 38.1 Å². The van der Waals surface area contributed by atoms with Crippen molar-refractivity contribution in [3.05, 3.63) is 29.8 Å². The van der Waals surface area contributed by atoms with Crippen LogP contribution in [0, 0.1) is 0 Å². The van der Waals surface area contributed by atoms with E-state index in [4.69, 9.17) is 0 Å². The van der Waals surface area contributed by atoms with Crippen LogP contribution in [0.15, 0.2) is 24.3 Å². The Kier molecular flexibility index (Phi) is 10.5. The molecule has 0 aliphatic heterocycles. The summed E-state index contributed by atoms with van der Waals surface area (Å²) in [5.41, 5.74) is 0.852. The molecule has 2 saturated carbocycles. The molecule has 26 heavy (non-hydrogen) atoms. The van der Waals surface area contributed by atoms with Crippen LogP contribution in [-0.2, 0) is 9.53 Å². The van der Waals surface area contributed by atoms with Gasteiger partial charge in [0.1, 0.15) is 0 Å². The summed E-state index contributed by atoms with van der Waals surface area (Å²) in [6, 6.07) is 8.94. The van der Waals surface area contributed by atoms with Crippen LogP contribution < -0.4 is 5.30 Å². The average molecular weight is 379 g/mol. The molecule has 1 amide bonds. The van der Waals surface area contributed by atoms with Gasteiger partial charge < -0.3 is 9.64 Å². The van der Waals surface area contributed by atoms with E-state index in [-0.39, 0.29) is 11.9 Å². The van der Waals surface area contributed by atoms with Crippen molar-refractivity contribution in [3.8, 4) is 0 Å². The third-order valence-corrected chi connectivity index (χ3v) is 4.92. The Morgan fingerprint density at radius 1 is 1.04 bits per heavy atom. The maximum Gasteiger partial charge on any atom is 0.302 e. The minimum atomic E-state index is -0.245. The molecule has 0 N–H and O–H groups in total. The Hall–Kier alpha value is -1.41. The molecule has 146 valence electrons. The lowest BCUT2D eigenvalue weighted by atomic mass is 9.93. The first-order valence-electron chi connectivity index (χ1n) is 9.75. The number of nitrogens with zero attached hydrogens (tertiary/aromatic N) is 1. The summed E-state index contributed by atoms with van der Waals surface area (Å²) in [5.74, 6) is 0.00343. The van der Waals surface area contributed by atoms with Gasteiger partial charge in [0.15, 0.2) is 0 Å². The second-order valence-corrected chi connectivity index (χ2v) is 7.22. The van der Waals surface area contributed by atoms with Crippen molar-refractivity contribution in [1.29, 1.82) is 0 Å². The third kappa shape index (κ3) is 7.45. The molecule has 2 fully saturated rings. The molecule has 4 nitrogen and oxygen atoms in total. The highest BCUT2D eigenvalue weighted by atomic mass is 31.0. The number of esters is 1. The van der Waals surface area contributed by atoms with Gasteiger partial charge >= 0.3 is 5.97 Å². The lowest BCUT2D eigenvalue weighted by molar-refractivity contribution is -0.137. The summed E-state index contributed by atoms with van der Waals surface area (Å²) in [6.45, 7) is 5.36. The quantitative estimate of drug-likeness (QED) is 0.580. The van der Waals surface area contributed by atoms with Gasteiger partial charge in [0, 0.05) is 24.6 Å². The van der Waals surface area contributed by atoms with E-state index >= 15 is 0 Å². The average Bonchev–Trinajstić information content (AvgIpc) is 3.50. The second kappa shape index (κ2) is 12.1. The Balaban J connectivity index is 0.000000420. The van der Waals surface area contributed by atoms with Crippen LogP contribution >= 0.6 is 9.24 Å². The van der Waals surface area contributed by atoms with Crippen molar-refractivity contribution in [2.75, 3.05) is 7.11 Å². The van der Waals surface area contributed by atoms with Gasteiger partial charge in [-0.2, -0.15) is 0 Å². The summed E-state index contributed by atoms with van der Waals surface area (Å²) in [4.78, 5) is 24.6. The van der Waals surface area contributed by atoms with E-state index in [2.05, 4.69) is 18.9 Å². The largest absolute Gasteiger partial charge is 0.469 e. The lowest BCUT2D eigenvalue weighted by Gasteiger charge is -2.34. The summed E-state index contributed by atoms with van der Waals surface area (Å²) in [5, 5.41) is 1.09. The van der Waals surface area contributed by atoms with Crippen LogP contribution in [0.1, 0.15) is 76.1 Å². The molecule has 0 spiro atoms. The Bertz CT molecular complexity index is 566. The number of hydrogen-bond acceptors (Lipinski definition) is 3. The van der Waals surface area contributed by atoms with Gasteiger partial charge in [0.05, 0.1) is 7.11 Å². The predicted molar refractivity (Wildman–Crippen MR) is 111 cm³/mol. The van der Waals surface area contributed by atoms with Gasteiger partial charge in [-0.05, 0) is 43.1 Å². The molecule has 1 unspecified atom stereocenters. The van der Waals surface area contributed by atoms with Gasteiger partial charge in [-0.15, -0.1) is 9.24 Å². The second-order valence-electron chi connectivity index (χ2n) is 6.56. The normalized spacial score (nSPS) is 16.3. The van der Waals surface area contributed by atoms with E-state index in [0.29, 0.717) is 12.1 Å². The number of ether oxygens (including phenoxy) is 1. The van der Waals surface area contributed by atoms with E-state index in [1.165, 1.54) is 59.0 Å². The molecule has 1 atom stereocenters.